The minimum absolute atomic E-state index is 0.0273. The van der Waals surface area contributed by atoms with Crippen molar-refractivity contribution in [2.45, 2.75) is 44.6 Å². The Morgan fingerprint density at radius 1 is 1.52 bits per heavy atom. The van der Waals surface area contributed by atoms with Crippen LogP contribution in [0.15, 0.2) is 22.6 Å². The molecule has 5 nitrogen and oxygen atoms in total. The molecule has 0 saturated carbocycles. The molecular weight excluding hydrogens is 330 g/mol. The van der Waals surface area contributed by atoms with Gasteiger partial charge in [0.25, 0.3) is 5.56 Å². The highest BCUT2D eigenvalue weighted by Gasteiger charge is 2.20. The Balaban J connectivity index is 2.42. The summed E-state index contributed by atoms with van der Waals surface area (Å²) < 4.78 is 1.64. The summed E-state index contributed by atoms with van der Waals surface area (Å²) in [5.74, 6) is -0.0922. The van der Waals surface area contributed by atoms with Crippen molar-refractivity contribution in [2.75, 3.05) is 6.54 Å². The summed E-state index contributed by atoms with van der Waals surface area (Å²) >= 11 is 2.83. The van der Waals surface area contributed by atoms with E-state index in [0.29, 0.717) is 23.6 Å². The summed E-state index contributed by atoms with van der Waals surface area (Å²) in [6.07, 6.45) is 1.64. The quantitative estimate of drug-likeness (QED) is 0.494. The number of nitrogens with one attached hydrogen (secondary N) is 1. The van der Waals surface area contributed by atoms with Crippen molar-refractivity contribution >= 4 is 39.2 Å². The Morgan fingerprint density at radius 2 is 2.22 bits per heavy atom. The molecule has 0 aliphatic heterocycles. The van der Waals surface area contributed by atoms with Gasteiger partial charge in [-0.3, -0.25) is 14.2 Å². The first kappa shape index (κ1) is 17.7. The number of hydrogen-bond acceptors (Lipinski definition) is 5. The molecule has 124 valence electrons. The van der Waals surface area contributed by atoms with Gasteiger partial charge in [0.05, 0.1) is 10.6 Å². The van der Waals surface area contributed by atoms with Crippen molar-refractivity contribution in [2.24, 2.45) is 0 Å². The highest BCUT2D eigenvalue weighted by Crippen LogP contribution is 2.29. The molecule has 0 aromatic carbocycles. The van der Waals surface area contributed by atoms with Crippen LogP contribution in [-0.2, 0) is 11.3 Å². The van der Waals surface area contributed by atoms with E-state index < -0.39 is 0 Å². The predicted octanol–water partition coefficient (Wildman–Crippen LogP) is 2.88. The van der Waals surface area contributed by atoms with Crippen molar-refractivity contribution in [3.63, 3.8) is 0 Å². The van der Waals surface area contributed by atoms with Gasteiger partial charge < -0.3 is 5.32 Å². The van der Waals surface area contributed by atoms with E-state index >= 15 is 0 Å². The Hall–Kier alpha value is -1.60. The number of aryl methyl sites for hydroxylation is 2. The topological polar surface area (TPSA) is 64.0 Å². The van der Waals surface area contributed by atoms with E-state index in [-0.39, 0.29) is 16.7 Å². The lowest BCUT2D eigenvalue weighted by Gasteiger charge is -2.14. The third-order valence-corrected chi connectivity index (χ3v) is 5.83. The van der Waals surface area contributed by atoms with Gasteiger partial charge in [-0.05, 0) is 33.3 Å². The zero-order valence-electron chi connectivity index (χ0n) is 13.8. The van der Waals surface area contributed by atoms with Crippen molar-refractivity contribution in [3.05, 3.63) is 33.4 Å². The second-order valence-corrected chi connectivity index (χ2v) is 7.71. The van der Waals surface area contributed by atoms with E-state index in [1.807, 2.05) is 27.7 Å². The van der Waals surface area contributed by atoms with E-state index in [9.17, 15) is 9.59 Å². The molecular formula is C16H21N3O2S2. The second kappa shape index (κ2) is 7.31. The monoisotopic (exact) mass is 351 g/mol. The van der Waals surface area contributed by atoms with E-state index in [2.05, 4.69) is 16.9 Å². The molecule has 1 unspecified atom stereocenters. The molecule has 1 N–H and O–H groups in total. The Bertz CT molecular complexity index is 808. The van der Waals surface area contributed by atoms with Crippen LogP contribution in [0.4, 0.5) is 0 Å². The number of thioether (sulfide) groups is 1. The van der Waals surface area contributed by atoms with Gasteiger partial charge in [0.2, 0.25) is 5.91 Å². The molecule has 0 bridgehead atoms. The Kier molecular flexibility index (Phi) is 5.64. The molecule has 2 heterocycles. The standard InChI is InChI=1S/C16H21N3O2S2/c1-6-8-17-13(20)11(5)23-16-18-14-12(9(3)10(4)22-14)15(21)19(16)7-2/h6,11H,1,7-8H2,2-5H3,(H,17,20). The van der Waals surface area contributed by atoms with Crippen LogP contribution in [-0.4, -0.2) is 27.3 Å². The van der Waals surface area contributed by atoms with Crippen LogP contribution in [0.2, 0.25) is 0 Å². The number of carbonyl (C=O) groups excluding carboxylic acids is 1. The van der Waals surface area contributed by atoms with Crippen LogP contribution < -0.4 is 10.9 Å². The third kappa shape index (κ3) is 3.50. The molecule has 0 aliphatic rings. The molecule has 0 saturated heterocycles. The van der Waals surface area contributed by atoms with E-state index in [0.717, 1.165) is 15.3 Å². The van der Waals surface area contributed by atoms with Crippen LogP contribution >= 0.6 is 23.1 Å². The van der Waals surface area contributed by atoms with Gasteiger partial charge >= 0.3 is 0 Å². The van der Waals surface area contributed by atoms with Crippen LogP contribution in [0, 0.1) is 13.8 Å². The fourth-order valence-corrected chi connectivity index (χ4v) is 4.27. The summed E-state index contributed by atoms with van der Waals surface area (Å²) in [7, 11) is 0. The van der Waals surface area contributed by atoms with Gasteiger partial charge in [0.1, 0.15) is 4.83 Å². The summed E-state index contributed by atoms with van der Waals surface area (Å²) in [5.41, 5.74) is 0.971. The molecule has 2 aromatic heterocycles. The first-order valence-corrected chi connectivity index (χ1v) is 9.16. The Morgan fingerprint density at radius 3 is 2.83 bits per heavy atom. The molecule has 0 aliphatic carbocycles. The van der Waals surface area contributed by atoms with Gasteiger partial charge in [0, 0.05) is 18.0 Å². The molecule has 23 heavy (non-hydrogen) atoms. The van der Waals surface area contributed by atoms with E-state index in [4.69, 9.17) is 0 Å². The first-order valence-electron chi connectivity index (χ1n) is 7.46. The summed E-state index contributed by atoms with van der Waals surface area (Å²) in [6.45, 7) is 12.2. The van der Waals surface area contributed by atoms with Crippen molar-refractivity contribution in [1.29, 1.82) is 0 Å². The largest absolute Gasteiger partial charge is 0.352 e. The molecule has 0 spiro atoms. The maximum atomic E-state index is 12.7. The van der Waals surface area contributed by atoms with Crippen LogP contribution in [0.25, 0.3) is 10.2 Å². The number of amides is 1. The molecule has 1 amide bonds. The predicted molar refractivity (Wildman–Crippen MR) is 97.6 cm³/mol. The molecule has 1 atom stereocenters. The fourth-order valence-electron chi connectivity index (χ4n) is 2.21. The molecule has 7 heteroatoms. The number of carbonyl (C=O) groups is 1. The van der Waals surface area contributed by atoms with Crippen molar-refractivity contribution in [1.82, 2.24) is 14.9 Å². The smallest absolute Gasteiger partial charge is 0.263 e. The Labute approximate surface area is 143 Å². The number of thiophene rings is 1. The van der Waals surface area contributed by atoms with Gasteiger partial charge in [0.15, 0.2) is 5.16 Å². The average Bonchev–Trinajstić information content (AvgIpc) is 2.79. The van der Waals surface area contributed by atoms with E-state index in [1.165, 1.54) is 23.1 Å². The third-order valence-electron chi connectivity index (χ3n) is 3.64. The van der Waals surface area contributed by atoms with Gasteiger partial charge in [-0.25, -0.2) is 4.98 Å². The SMILES string of the molecule is C=CCNC(=O)C(C)Sc1nc2sc(C)c(C)c2c(=O)n1CC. The molecule has 2 rings (SSSR count). The summed E-state index contributed by atoms with van der Waals surface area (Å²) in [4.78, 5) is 31.2. The number of fused-ring (bicyclic) bond motifs is 1. The lowest BCUT2D eigenvalue weighted by atomic mass is 10.2. The number of hydrogen-bond donors (Lipinski definition) is 1. The van der Waals surface area contributed by atoms with Crippen LogP contribution in [0.5, 0.6) is 0 Å². The summed E-state index contributed by atoms with van der Waals surface area (Å²) in [5, 5.41) is 3.72. The van der Waals surface area contributed by atoms with Crippen LogP contribution in [0.1, 0.15) is 24.3 Å². The minimum atomic E-state index is -0.334. The number of rotatable bonds is 6. The van der Waals surface area contributed by atoms with E-state index in [1.54, 1.807) is 10.6 Å². The molecule has 2 aromatic rings. The lowest BCUT2D eigenvalue weighted by Crippen LogP contribution is -2.32. The first-order chi connectivity index (χ1) is 10.9. The number of nitrogens with zero attached hydrogens (tertiary/aromatic N) is 2. The molecule has 0 radical (unpaired) electrons. The zero-order valence-corrected chi connectivity index (χ0v) is 15.4. The van der Waals surface area contributed by atoms with Gasteiger partial charge in [-0.15, -0.1) is 17.9 Å². The fraction of sp³-hybridized carbons (Fsp3) is 0.438. The summed E-state index contributed by atoms with van der Waals surface area (Å²) in [6, 6.07) is 0. The van der Waals surface area contributed by atoms with Crippen molar-refractivity contribution in [3.8, 4) is 0 Å². The normalized spacial score (nSPS) is 12.3. The number of aromatic nitrogens is 2. The minimum Gasteiger partial charge on any atom is -0.352 e. The lowest BCUT2D eigenvalue weighted by molar-refractivity contribution is -0.120. The molecule has 0 fully saturated rings. The maximum absolute atomic E-state index is 12.7. The van der Waals surface area contributed by atoms with Gasteiger partial charge in [-0.1, -0.05) is 17.8 Å². The van der Waals surface area contributed by atoms with Gasteiger partial charge in [-0.2, -0.15) is 0 Å². The highest BCUT2D eigenvalue weighted by atomic mass is 32.2. The maximum Gasteiger partial charge on any atom is 0.263 e. The zero-order chi connectivity index (χ0) is 17.1. The van der Waals surface area contributed by atoms with Crippen molar-refractivity contribution < 1.29 is 4.79 Å². The average molecular weight is 351 g/mol. The highest BCUT2D eigenvalue weighted by molar-refractivity contribution is 8.00. The second-order valence-electron chi connectivity index (χ2n) is 5.20. The van der Waals surface area contributed by atoms with Crippen LogP contribution in [0.3, 0.4) is 0 Å².